The van der Waals surface area contributed by atoms with E-state index in [2.05, 4.69) is 18.1 Å². The van der Waals surface area contributed by atoms with Gasteiger partial charge in [-0.15, -0.1) is 0 Å². The van der Waals surface area contributed by atoms with E-state index < -0.39 is 5.60 Å². The van der Waals surface area contributed by atoms with E-state index in [1.807, 2.05) is 37.7 Å². The highest BCUT2D eigenvalue weighted by molar-refractivity contribution is 5.86. The van der Waals surface area contributed by atoms with Crippen LogP contribution in [-0.4, -0.2) is 52.2 Å². The van der Waals surface area contributed by atoms with Crippen molar-refractivity contribution in [3.8, 4) is 5.75 Å². The Bertz CT molecular complexity index is 880. The average molecular weight is 402 g/mol. The lowest BCUT2D eigenvalue weighted by Crippen LogP contribution is -2.36. The number of aryl methyl sites for hydroxylation is 1. The number of nitrogens with zero attached hydrogens (tertiary/aromatic N) is 3. The summed E-state index contributed by atoms with van der Waals surface area (Å²) < 4.78 is 19.7. The standard InChI is InChI=1S/C22H31N3O4/c1-15-11-18-17(13-23-25(18)20-7-5-6-10-27-20)19(12-15)28-16-8-9-24(14-16)21(26)29-22(2,3)4/h11-13,16,20H,5-10,14H2,1-4H3/t16-,20?/m0/s1. The summed E-state index contributed by atoms with van der Waals surface area (Å²) in [6, 6.07) is 4.18. The van der Waals surface area contributed by atoms with Crippen LogP contribution in [0.25, 0.3) is 10.9 Å². The summed E-state index contributed by atoms with van der Waals surface area (Å²) in [7, 11) is 0. The minimum atomic E-state index is -0.492. The molecule has 0 spiro atoms. The van der Waals surface area contributed by atoms with Gasteiger partial charge < -0.3 is 19.1 Å². The van der Waals surface area contributed by atoms with Crippen molar-refractivity contribution >= 4 is 17.0 Å². The monoisotopic (exact) mass is 401 g/mol. The van der Waals surface area contributed by atoms with Gasteiger partial charge in [0, 0.05) is 19.6 Å². The number of likely N-dealkylation sites (tertiary alicyclic amines) is 1. The lowest BCUT2D eigenvalue weighted by atomic mass is 10.1. The molecule has 0 aliphatic carbocycles. The molecule has 2 aromatic rings. The molecule has 29 heavy (non-hydrogen) atoms. The summed E-state index contributed by atoms with van der Waals surface area (Å²) >= 11 is 0. The van der Waals surface area contributed by atoms with Gasteiger partial charge in [0.05, 0.1) is 23.6 Å². The molecule has 2 fully saturated rings. The molecule has 1 aromatic carbocycles. The molecule has 158 valence electrons. The van der Waals surface area contributed by atoms with Gasteiger partial charge in [-0.2, -0.15) is 5.10 Å². The van der Waals surface area contributed by atoms with Gasteiger partial charge in [0.15, 0.2) is 6.23 Å². The van der Waals surface area contributed by atoms with Crippen LogP contribution in [0, 0.1) is 6.92 Å². The Kier molecular flexibility index (Phi) is 5.42. The third kappa shape index (κ3) is 4.50. The molecule has 4 rings (SSSR count). The molecule has 3 heterocycles. The molecule has 0 radical (unpaired) electrons. The van der Waals surface area contributed by atoms with Crippen LogP contribution in [0.2, 0.25) is 0 Å². The number of aromatic nitrogens is 2. The molecule has 0 N–H and O–H groups in total. The SMILES string of the molecule is Cc1cc(O[C@H]2CCN(C(=O)OC(C)(C)C)C2)c2cnn(C3CCCCO3)c2c1. The fraction of sp³-hybridized carbons (Fsp3) is 0.636. The van der Waals surface area contributed by atoms with Crippen molar-refractivity contribution in [1.82, 2.24) is 14.7 Å². The molecule has 2 aliphatic heterocycles. The van der Waals surface area contributed by atoms with Crippen LogP contribution >= 0.6 is 0 Å². The van der Waals surface area contributed by atoms with E-state index in [-0.39, 0.29) is 18.4 Å². The minimum absolute atomic E-state index is 0.00922. The predicted octanol–water partition coefficient (Wildman–Crippen LogP) is 4.43. The minimum Gasteiger partial charge on any atom is -0.488 e. The van der Waals surface area contributed by atoms with Gasteiger partial charge in [-0.05, 0) is 64.7 Å². The normalized spacial score (nSPS) is 22.8. The second-order valence-electron chi connectivity index (χ2n) is 9.06. The number of carbonyl (C=O) groups excluding carboxylic acids is 1. The van der Waals surface area contributed by atoms with Crippen molar-refractivity contribution < 1.29 is 19.0 Å². The summed E-state index contributed by atoms with van der Waals surface area (Å²) in [5.41, 5.74) is 1.66. The maximum Gasteiger partial charge on any atom is 0.410 e. The fourth-order valence-electron chi connectivity index (χ4n) is 3.99. The Morgan fingerprint density at radius 1 is 1.24 bits per heavy atom. The quantitative estimate of drug-likeness (QED) is 0.761. The number of carbonyl (C=O) groups is 1. The molecule has 7 heteroatoms. The van der Waals surface area contributed by atoms with Crippen molar-refractivity contribution in [2.45, 2.75) is 71.3 Å². The first-order chi connectivity index (χ1) is 13.8. The number of ether oxygens (including phenoxy) is 3. The second kappa shape index (κ2) is 7.86. The maximum absolute atomic E-state index is 12.3. The highest BCUT2D eigenvalue weighted by Crippen LogP contribution is 2.33. The number of rotatable bonds is 3. The zero-order chi connectivity index (χ0) is 20.6. The fourth-order valence-corrected chi connectivity index (χ4v) is 3.99. The summed E-state index contributed by atoms with van der Waals surface area (Å²) in [6.07, 6.45) is 5.56. The molecule has 0 bridgehead atoms. The topological polar surface area (TPSA) is 65.8 Å². The van der Waals surface area contributed by atoms with E-state index >= 15 is 0 Å². The molecular weight excluding hydrogens is 370 g/mol. The van der Waals surface area contributed by atoms with E-state index in [0.717, 1.165) is 54.5 Å². The van der Waals surface area contributed by atoms with Gasteiger partial charge in [0.25, 0.3) is 0 Å². The van der Waals surface area contributed by atoms with Crippen LogP contribution in [0.3, 0.4) is 0 Å². The number of benzene rings is 1. The van der Waals surface area contributed by atoms with Gasteiger partial charge in [0.1, 0.15) is 17.5 Å². The van der Waals surface area contributed by atoms with Gasteiger partial charge in [-0.3, -0.25) is 0 Å². The molecule has 0 saturated carbocycles. The van der Waals surface area contributed by atoms with Crippen LogP contribution < -0.4 is 4.74 Å². The Balaban J connectivity index is 1.50. The maximum atomic E-state index is 12.3. The highest BCUT2D eigenvalue weighted by Gasteiger charge is 2.31. The first-order valence-electron chi connectivity index (χ1n) is 10.5. The Labute approximate surface area is 171 Å². The van der Waals surface area contributed by atoms with Crippen LogP contribution in [0.15, 0.2) is 18.3 Å². The average Bonchev–Trinajstić information content (AvgIpc) is 3.28. The third-order valence-electron chi connectivity index (χ3n) is 5.34. The molecule has 1 amide bonds. The predicted molar refractivity (Wildman–Crippen MR) is 110 cm³/mol. The van der Waals surface area contributed by atoms with E-state index in [9.17, 15) is 4.79 Å². The van der Waals surface area contributed by atoms with E-state index in [0.29, 0.717) is 13.1 Å². The lowest BCUT2D eigenvalue weighted by Gasteiger charge is -2.24. The summed E-state index contributed by atoms with van der Waals surface area (Å²) in [5, 5.41) is 5.59. The van der Waals surface area contributed by atoms with Crippen LogP contribution in [0.4, 0.5) is 4.79 Å². The third-order valence-corrected chi connectivity index (χ3v) is 5.34. The Morgan fingerprint density at radius 3 is 2.79 bits per heavy atom. The van der Waals surface area contributed by atoms with Crippen molar-refractivity contribution in [3.63, 3.8) is 0 Å². The smallest absolute Gasteiger partial charge is 0.410 e. The first-order valence-corrected chi connectivity index (χ1v) is 10.5. The van der Waals surface area contributed by atoms with Gasteiger partial charge in [-0.1, -0.05) is 0 Å². The van der Waals surface area contributed by atoms with E-state index in [1.54, 1.807) is 4.90 Å². The molecule has 1 unspecified atom stereocenters. The Hall–Kier alpha value is -2.28. The molecule has 2 aliphatic rings. The van der Waals surface area contributed by atoms with Crippen molar-refractivity contribution in [2.24, 2.45) is 0 Å². The number of hydrogen-bond acceptors (Lipinski definition) is 5. The van der Waals surface area contributed by atoms with Crippen molar-refractivity contribution in [3.05, 3.63) is 23.9 Å². The highest BCUT2D eigenvalue weighted by atomic mass is 16.6. The number of hydrogen-bond donors (Lipinski definition) is 0. The van der Waals surface area contributed by atoms with Crippen LogP contribution in [0.1, 0.15) is 58.2 Å². The lowest BCUT2D eigenvalue weighted by molar-refractivity contribution is -0.0366. The first kappa shape index (κ1) is 20.0. The van der Waals surface area contributed by atoms with Crippen molar-refractivity contribution in [2.75, 3.05) is 19.7 Å². The zero-order valence-corrected chi connectivity index (χ0v) is 17.8. The summed E-state index contributed by atoms with van der Waals surface area (Å²) in [5.74, 6) is 0.818. The molecule has 1 aromatic heterocycles. The number of amides is 1. The Morgan fingerprint density at radius 2 is 2.07 bits per heavy atom. The van der Waals surface area contributed by atoms with Gasteiger partial charge >= 0.3 is 6.09 Å². The molecule has 2 saturated heterocycles. The summed E-state index contributed by atoms with van der Waals surface area (Å²) in [6.45, 7) is 9.66. The number of fused-ring (bicyclic) bond motifs is 1. The van der Waals surface area contributed by atoms with Crippen molar-refractivity contribution in [1.29, 1.82) is 0 Å². The van der Waals surface area contributed by atoms with Gasteiger partial charge in [-0.25, -0.2) is 9.48 Å². The van der Waals surface area contributed by atoms with Crippen LogP contribution in [-0.2, 0) is 9.47 Å². The largest absolute Gasteiger partial charge is 0.488 e. The zero-order valence-electron chi connectivity index (χ0n) is 17.8. The molecule has 7 nitrogen and oxygen atoms in total. The second-order valence-corrected chi connectivity index (χ2v) is 9.06. The molecule has 2 atom stereocenters. The van der Waals surface area contributed by atoms with Crippen LogP contribution in [0.5, 0.6) is 5.75 Å². The van der Waals surface area contributed by atoms with E-state index in [4.69, 9.17) is 14.2 Å². The summed E-state index contributed by atoms with van der Waals surface area (Å²) in [4.78, 5) is 14.0. The van der Waals surface area contributed by atoms with Gasteiger partial charge in [0.2, 0.25) is 0 Å². The molecular formula is C22H31N3O4. The van der Waals surface area contributed by atoms with E-state index in [1.165, 1.54) is 0 Å².